The summed E-state index contributed by atoms with van der Waals surface area (Å²) < 4.78 is 12.3. The zero-order chi connectivity index (χ0) is 21.0. The zero-order valence-electron chi connectivity index (χ0n) is 19.6. The summed E-state index contributed by atoms with van der Waals surface area (Å²) in [5.74, 6) is 3.27. The Morgan fingerprint density at radius 2 is 1.31 bits per heavy atom. The summed E-state index contributed by atoms with van der Waals surface area (Å²) in [5.41, 5.74) is 9.54. The van der Waals surface area contributed by atoms with Crippen LogP contribution in [0.2, 0.25) is 0 Å². The summed E-state index contributed by atoms with van der Waals surface area (Å²) in [6.07, 6.45) is 16.8. The first-order valence-electron chi connectivity index (χ1n) is 12.3. The van der Waals surface area contributed by atoms with Crippen LogP contribution in [0.3, 0.4) is 0 Å². The van der Waals surface area contributed by atoms with Crippen LogP contribution in [0.4, 0.5) is 4.39 Å². The molecule has 3 rings (SSSR count). The maximum Gasteiger partial charge on any atom is 0.0827 e. The summed E-state index contributed by atoms with van der Waals surface area (Å²) in [7, 11) is 0. The minimum Gasteiger partial charge on any atom is -0.216 e. The normalized spacial score (nSPS) is 28.2. The van der Waals surface area contributed by atoms with E-state index >= 15 is 0 Å². The number of rotatable bonds is 6. The van der Waals surface area contributed by atoms with E-state index in [2.05, 4.69) is 34.6 Å². The molecule has 0 aromatic heterocycles. The molecule has 1 aromatic carbocycles. The van der Waals surface area contributed by atoms with Crippen LogP contribution in [0.1, 0.15) is 110 Å². The lowest BCUT2D eigenvalue weighted by molar-refractivity contribution is 0.277. The second-order valence-corrected chi connectivity index (χ2v) is 10.4. The van der Waals surface area contributed by atoms with Crippen molar-refractivity contribution in [1.82, 2.24) is 0 Å². The van der Waals surface area contributed by atoms with Crippen LogP contribution in [-0.4, -0.2) is 0 Å². The third kappa shape index (κ3) is 5.33. The molecule has 162 valence electrons. The molecule has 0 nitrogen and oxygen atoms in total. The van der Waals surface area contributed by atoms with Crippen molar-refractivity contribution in [2.45, 2.75) is 111 Å². The van der Waals surface area contributed by atoms with E-state index < -0.39 is 0 Å². The van der Waals surface area contributed by atoms with Gasteiger partial charge in [0.25, 0.3) is 0 Å². The molecular formula is C28H43F. The van der Waals surface area contributed by atoms with Crippen molar-refractivity contribution < 1.29 is 4.39 Å². The number of allylic oxidation sites excluding steroid dienone is 1. The molecule has 0 N–H and O–H groups in total. The zero-order valence-corrected chi connectivity index (χ0v) is 19.6. The molecule has 29 heavy (non-hydrogen) atoms. The monoisotopic (exact) mass is 398 g/mol. The summed E-state index contributed by atoms with van der Waals surface area (Å²) in [6.45, 7) is 11.9. The summed E-state index contributed by atoms with van der Waals surface area (Å²) in [4.78, 5) is 0. The van der Waals surface area contributed by atoms with Crippen molar-refractivity contribution >= 4 is 0 Å². The molecule has 2 fully saturated rings. The van der Waals surface area contributed by atoms with Gasteiger partial charge in [-0.2, -0.15) is 0 Å². The van der Waals surface area contributed by atoms with Gasteiger partial charge in [-0.05, 0) is 130 Å². The first kappa shape index (κ1) is 22.6. The fraction of sp³-hybridized carbons (Fsp3) is 0.714. The summed E-state index contributed by atoms with van der Waals surface area (Å²) >= 11 is 0. The molecule has 2 aliphatic rings. The Hall–Kier alpha value is -1.11. The molecule has 0 spiro atoms. The summed E-state index contributed by atoms with van der Waals surface area (Å²) in [6, 6.07) is 0. The molecule has 0 unspecified atom stereocenters. The van der Waals surface area contributed by atoms with Crippen LogP contribution in [0.15, 0.2) is 12.4 Å². The van der Waals surface area contributed by atoms with Crippen LogP contribution in [0.25, 0.3) is 0 Å². The lowest BCUT2D eigenvalue weighted by Crippen LogP contribution is -2.17. The quantitative estimate of drug-likeness (QED) is 0.449. The van der Waals surface area contributed by atoms with Crippen molar-refractivity contribution in [2.75, 3.05) is 0 Å². The molecule has 0 radical (unpaired) electrons. The standard InChI is InChI=1S/C28H43F/c1-19-8-10-25(11-9-19)14-17-27-20(2)22(4)28(23(5)21(27)3)26-15-12-24(13-16-26)7-6-18-29/h6,18-19,24-26H,7-17H2,1-5H3/b18-6+. The molecule has 0 bridgehead atoms. The maximum atomic E-state index is 12.3. The number of hydrogen-bond donors (Lipinski definition) is 0. The largest absolute Gasteiger partial charge is 0.216 e. The Morgan fingerprint density at radius 3 is 1.86 bits per heavy atom. The first-order valence-corrected chi connectivity index (χ1v) is 12.3. The van der Waals surface area contributed by atoms with Crippen LogP contribution >= 0.6 is 0 Å². The predicted molar refractivity (Wildman–Crippen MR) is 124 cm³/mol. The second kappa shape index (κ2) is 10.3. The number of hydrogen-bond acceptors (Lipinski definition) is 0. The van der Waals surface area contributed by atoms with Gasteiger partial charge in [-0.3, -0.25) is 0 Å². The fourth-order valence-corrected chi connectivity index (χ4v) is 6.30. The van der Waals surface area contributed by atoms with Gasteiger partial charge < -0.3 is 0 Å². The van der Waals surface area contributed by atoms with Gasteiger partial charge in [-0.25, -0.2) is 4.39 Å². The van der Waals surface area contributed by atoms with Crippen molar-refractivity contribution in [2.24, 2.45) is 17.8 Å². The Balaban J connectivity index is 1.71. The predicted octanol–water partition coefficient (Wildman–Crippen LogP) is 8.83. The topological polar surface area (TPSA) is 0 Å². The molecular weight excluding hydrogens is 355 g/mol. The summed E-state index contributed by atoms with van der Waals surface area (Å²) in [5, 5.41) is 0. The van der Waals surface area contributed by atoms with E-state index in [0.717, 1.165) is 24.6 Å². The van der Waals surface area contributed by atoms with Crippen LogP contribution in [0.5, 0.6) is 0 Å². The maximum absolute atomic E-state index is 12.3. The van der Waals surface area contributed by atoms with Gasteiger partial charge in [0, 0.05) is 0 Å². The third-order valence-electron chi connectivity index (χ3n) is 8.59. The Bertz CT molecular complexity index is 669. The van der Waals surface area contributed by atoms with Crippen molar-refractivity contribution in [3.63, 3.8) is 0 Å². The molecule has 2 saturated carbocycles. The van der Waals surface area contributed by atoms with E-state index in [1.165, 1.54) is 64.2 Å². The minimum atomic E-state index is 0.679. The van der Waals surface area contributed by atoms with Gasteiger partial charge in [-0.15, -0.1) is 0 Å². The van der Waals surface area contributed by atoms with E-state index in [0.29, 0.717) is 11.8 Å². The molecule has 1 aromatic rings. The number of halogens is 1. The average molecular weight is 399 g/mol. The van der Waals surface area contributed by atoms with Crippen molar-refractivity contribution in [3.8, 4) is 0 Å². The molecule has 0 saturated heterocycles. The highest BCUT2D eigenvalue weighted by atomic mass is 19.1. The number of benzene rings is 1. The van der Waals surface area contributed by atoms with Gasteiger partial charge in [0.05, 0.1) is 6.33 Å². The molecule has 0 heterocycles. The van der Waals surface area contributed by atoms with Crippen LogP contribution in [0, 0.1) is 45.4 Å². The minimum absolute atomic E-state index is 0.679. The fourth-order valence-electron chi connectivity index (χ4n) is 6.30. The van der Waals surface area contributed by atoms with Crippen molar-refractivity contribution in [3.05, 3.63) is 45.8 Å². The molecule has 0 atom stereocenters. The first-order chi connectivity index (χ1) is 13.9. The molecule has 2 aliphatic carbocycles. The highest BCUT2D eigenvalue weighted by Gasteiger charge is 2.27. The van der Waals surface area contributed by atoms with Gasteiger partial charge in [0.1, 0.15) is 0 Å². The highest BCUT2D eigenvalue weighted by Crippen LogP contribution is 2.42. The third-order valence-corrected chi connectivity index (χ3v) is 8.59. The lowest BCUT2D eigenvalue weighted by atomic mass is 9.73. The van der Waals surface area contributed by atoms with Gasteiger partial charge in [0.2, 0.25) is 0 Å². The Kier molecular flexibility index (Phi) is 7.99. The van der Waals surface area contributed by atoms with E-state index in [1.807, 2.05) is 0 Å². The highest BCUT2D eigenvalue weighted by molar-refractivity contribution is 5.51. The van der Waals surface area contributed by atoms with Crippen LogP contribution < -0.4 is 0 Å². The van der Waals surface area contributed by atoms with E-state index in [4.69, 9.17) is 0 Å². The smallest absolute Gasteiger partial charge is 0.0827 e. The second-order valence-electron chi connectivity index (χ2n) is 10.4. The van der Waals surface area contributed by atoms with Crippen LogP contribution in [-0.2, 0) is 6.42 Å². The van der Waals surface area contributed by atoms with Gasteiger partial charge in [0.15, 0.2) is 0 Å². The Morgan fingerprint density at radius 1 is 0.759 bits per heavy atom. The average Bonchev–Trinajstić information content (AvgIpc) is 2.73. The van der Waals surface area contributed by atoms with Gasteiger partial charge >= 0.3 is 0 Å². The van der Waals surface area contributed by atoms with Gasteiger partial charge in [-0.1, -0.05) is 38.7 Å². The van der Waals surface area contributed by atoms with E-state index in [-0.39, 0.29) is 0 Å². The molecule has 0 aliphatic heterocycles. The van der Waals surface area contributed by atoms with E-state index in [1.54, 1.807) is 39.5 Å². The molecule has 1 heteroatoms. The Labute approximate surface area is 179 Å². The van der Waals surface area contributed by atoms with E-state index in [9.17, 15) is 4.39 Å². The SMILES string of the molecule is Cc1c(C)c(C2CCC(C/C=C/F)CC2)c(C)c(C)c1CCC1CCC(C)CC1. The lowest BCUT2D eigenvalue weighted by Gasteiger charge is -2.32. The molecule has 0 amide bonds. The van der Waals surface area contributed by atoms with Crippen molar-refractivity contribution in [1.29, 1.82) is 0 Å².